The molecule has 0 aliphatic heterocycles. The summed E-state index contributed by atoms with van der Waals surface area (Å²) in [4.78, 5) is 55.2. The maximum atomic E-state index is 11.7. The molecule has 292 valence electrons. The minimum absolute atomic E-state index is 0.0203. The van der Waals surface area contributed by atoms with Crippen molar-refractivity contribution in [2.75, 3.05) is 11.5 Å². The van der Waals surface area contributed by atoms with E-state index in [4.69, 9.17) is 34.7 Å². The fourth-order valence-electron chi connectivity index (χ4n) is 5.13. The zero-order valence-corrected chi connectivity index (χ0v) is 32.2. The number of carboxylic acids is 3. The van der Waals surface area contributed by atoms with Gasteiger partial charge >= 0.3 is 23.9 Å². The van der Waals surface area contributed by atoms with E-state index in [-0.39, 0.29) is 77.0 Å². The van der Waals surface area contributed by atoms with E-state index in [1.54, 1.807) is 26.0 Å². The molecule has 0 radical (unpaired) electrons. The van der Waals surface area contributed by atoms with Crippen LogP contribution in [0.25, 0.3) is 33.0 Å². The van der Waals surface area contributed by atoms with E-state index in [2.05, 4.69) is 55.6 Å². The zero-order valence-electron chi connectivity index (χ0n) is 29.1. The van der Waals surface area contributed by atoms with E-state index in [9.17, 15) is 34.8 Å². The SMILES string of the molecule is Cc1nn(-c2nc(O)nc(-n3nc(C)c(N=Nc4sc(-c5ccc(C(=O)O)c(C(=O)O)c5)nc4Cl)c3N)n2)c(N)c1N=Nc1sc(-c2cccc(C(=O)O)c2)nc1Cl. The highest BCUT2D eigenvalue weighted by molar-refractivity contribution is 7.19. The molecular formula is C32H21Cl2N15O7S2. The third-order valence-electron chi connectivity index (χ3n) is 7.81. The summed E-state index contributed by atoms with van der Waals surface area (Å²) in [5.74, 6) is -4.62. The summed E-state index contributed by atoms with van der Waals surface area (Å²) in [6.45, 7) is 3.16. The van der Waals surface area contributed by atoms with Gasteiger partial charge in [0.1, 0.15) is 10.0 Å². The second-order valence-corrected chi connectivity index (χ2v) is 14.3. The molecule has 5 aromatic heterocycles. The third-order valence-corrected chi connectivity index (χ3v) is 10.5. The lowest BCUT2D eigenvalue weighted by Gasteiger charge is -2.06. The van der Waals surface area contributed by atoms with Gasteiger partial charge in [-0.3, -0.25) is 0 Å². The minimum Gasteiger partial charge on any atom is -0.479 e. The Morgan fingerprint density at radius 1 is 0.655 bits per heavy atom. The van der Waals surface area contributed by atoms with Crippen molar-refractivity contribution in [2.24, 2.45) is 20.5 Å². The molecule has 7 rings (SSSR count). The molecular weight excluding hydrogens is 841 g/mol. The molecule has 8 N–H and O–H groups in total. The van der Waals surface area contributed by atoms with Gasteiger partial charge in [-0.1, -0.05) is 64.1 Å². The van der Waals surface area contributed by atoms with Gasteiger partial charge in [0.05, 0.1) is 28.1 Å². The van der Waals surface area contributed by atoms with Crippen LogP contribution in [0.15, 0.2) is 62.9 Å². The molecule has 2 aromatic carbocycles. The Balaban J connectivity index is 1.15. The van der Waals surface area contributed by atoms with Gasteiger partial charge in [0.15, 0.2) is 43.3 Å². The first-order chi connectivity index (χ1) is 27.6. The van der Waals surface area contributed by atoms with Crippen LogP contribution in [-0.4, -0.2) is 82.8 Å². The summed E-state index contributed by atoms with van der Waals surface area (Å²) in [6.07, 6.45) is 0. The molecule has 0 atom stereocenters. The van der Waals surface area contributed by atoms with E-state index in [0.29, 0.717) is 16.3 Å². The average molecular weight is 863 g/mol. The maximum absolute atomic E-state index is 11.7. The number of carboxylic acid groups (broad SMARTS) is 3. The molecule has 58 heavy (non-hydrogen) atoms. The highest BCUT2D eigenvalue weighted by Gasteiger charge is 2.23. The van der Waals surface area contributed by atoms with Crippen molar-refractivity contribution in [1.82, 2.24) is 44.5 Å². The van der Waals surface area contributed by atoms with Crippen LogP contribution in [0.3, 0.4) is 0 Å². The lowest BCUT2D eigenvalue weighted by Crippen LogP contribution is -2.13. The number of carbonyl (C=O) groups is 3. The topological polar surface area (TPSA) is 334 Å². The highest BCUT2D eigenvalue weighted by Crippen LogP contribution is 2.41. The molecule has 26 heteroatoms. The van der Waals surface area contributed by atoms with Crippen molar-refractivity contribution < 1.29 is 34.8 Å². The zero-order chi connectivity index (χ0) is 41.6. The third kappa shape index (κ3) is 7.49. The fraction of sp³-hybridized carbons (Fsp3) is 0.0625. The molecule has 0 bridgehead atoms. The number of halogens is 2. The summed E-state index contributed by atoms with van der Waals surface area (Å²) in [5.41, 5.74) is 13.6. The number of azo groups is 2. The van der Waals surface area contributed by atoms with E-state index < -0.39 is 35.0 Å². The molecule has 0 spiro atoms. The van der Waals surface area contributed by atoms with Gasteiger partial charge in [0.2, 0.25) is 0 Å². The van der Waals surface area contributed by atoms with Crippen molar-refractivity contribution in [1.29, 1.82) is 0 Å². The molecule has 0 aliphatic rings. The van der Waals surface area contributed by atoms with Crippen molar-refractivity contribution in [2.45, 2.75) is 13.8 Å². The molecule has 0 amide bonds. The Labute approximate surface area is 340 Å². The number of rotatable bonds is 11. The van der Waals surface area contributed by atoms with Gasteiger partial charge in [-0.05, 0) is 38.1 Å². The molecule has 0 aliphatic carbocycles. The van der Waals surface area contributed by atoms with Crippen LogP contribution in [0.5, 0.6) is 6.01 Å². The quantitative estimate of drug-likeness (QED) is 0.0699. The molecule has 0 unspecified atom stereocenters. The first kappa shape index (κ1) is 39.0. The van der Waals surface area contributed by atoms with Crippen molar-refractivity contribution in [3.63, 3.8) is 0 Å². The fourth-order valence-corrected chi connectivity index (χ4v) is 7.26. The molecule has 22 nitrogen and oxygen atoms in total. The van der Waals surface area contributed by atoms with E-state index in [0.717, 1.165) is 44.2 Å². The number of aryl methyl sites for hydroxylation is 2. The number of hydrogen-bond donors (Lipinski definition) is 6. The van der Waals surface area contributed by atoms with Gasteiger partial charge < -0.3 is 31.9 Å². The van der Waals surface area contributed by atoms with Gasteiger partial charge in [0.25, 0.3) is 11.9 Å². The summed E-state index contributed by atoms with van der Waals surface area (Å²) in [6, 6.07) is 9.13. The summed E-state index contributed by atoms with van der Waals surface area (Å²) >= 11 is 14.7. The Morgan fingerprint density at radius 3 is 1.64 bits per heavy atom. The van der Waals surface area contributed by atoms with E-state index >= 15 is 0 Å². The Kier molecular flexibility index (Phi) is 10.3. The van der Waals surface area contributed by atoms with Gasteiger partial charge in [-0.25, -0.2) is 24.4 Å². The van der Waals surface area contributed by atoms with Crippen LogP contribution in [0.2, 0.25) is 10.3 Å². The number of aromatic carboxylic acids is 3. The number of aromatic nitrogens is 9. The Morgan fingerprint density at radius 2 is 1.16 bits per heavy atom. The monoisotopic (exact) mass is 861 g/mol. The summed E-state index contributed by atoms with van der Waals surface area (Å²) in [5, 5.41) is 65.0. The molecule has 0 saturated heterocycles. The smallest absolute Gasteiger partial charge is 0.336 e. The maximum Gasteiger partial charge on any atom is 0.336 e. The molecule has 7 aromatic rings. The predicted octanol–water partition coefficient (Wildman–Crippen LogP) is 7.21. The first-order valence-electron chi connectivity index (χ1n) is 15.9. The number of nitrogens with two attached hydrogens (primary N) is 2. The van der Waals surface area contributed by atoms with Crippen LogP contribution < -0.4 is 11.5 Å². The van der Waals surface area contributed by atoms with Crippen molar-refractivity contribution >= 4 is 96.8 Å². The molecule has 0 saturated carbocycles. The number of anilines is 2. The second kappa shape index (κ2) is 15.3. The number of benzene rings is 2. The van der Waals surface area contributed by atoms with Gasteiger partial charge in [0, 0.05) is 11.1 Å². The Hall–Kier alpha value is -7.28. The first-order valence-corrected chi connectivity index (χ1v) is 18.2. The normalized spacial score (nSPS) is 11.6. The molecule has 5 heterocycles. The number of nitrogen functional groups attached to an aromatic ring is 2. The number of nitrogens with zero attached hydrogens (tertiary/aromatic N) is 13. The lowest BCUT2D eigenvalue weighted by atomic mass is 10.0. The van der Waals surface area contributed by atoms with Crippen LogP contribution in [-0.2, 0) is 0 Å². The molecule has 0 fully saturated rings. The van der Waals surface area contributed by atoms with Crippen molar-refractivity contribution in [3.05, 3.63) is 80.8 Å². The minimum atomic E-state index is -1.43. The largest absolute Gasteiger partial charge is 0.479 e. The van der Waals surface area contributed by atoms with Gasteiger partial charge in [-0.2, -0.15) is 34.5 Å². The van der Waals surface area contributed by atoms with Crippen LogP contribution in [0, 0.1) is 13.8 Å². The standard InChI is InChI=1S/C32H21Cl2N15O7S2/c1-10-17(42-44-25-19(33)37-23(57-25)12-4-3-5-14(8-12)27(50)51)21(35)48(46-10)30-39-31(41-32(56)40-30)49-22(36)18(11(2)47-49)43-45-26-20(34)38-24(58-26)13-6-7-15(28(52)53)16(9-13)29(54)55/h3-9H,35-36H2,1-2H3,(H,50,51)(H,52,53)(H,54,55)(H,39,40,41,56). The second-order valence-electron chi connectivity index (χ2n) is 11.6. The Bertz CT molecular complexity index is 2900. The van der Waals surface area contributed by atoms with Crippen LogP contribution in [0.1, 0.15) is 42.5 Å². The lowest BCUT2D eigenvalue weighted by molar-refractivity contribution is 0.0651. The summed E-state index contributed by atoms with van der Waals surface area (Å²) in [7, 11) is 0. The predicted molar refractivity (Wildman–Crippen MR) is 208 cm³/mol. The number of hydrogen-bond acceptors (Lipinski definition) is 19. The van der Waals surface area contributed by atoms with Gasteiger partial charge in [-0.15, -0.1) is 20.5 Å². The van der Waals surface area contributed by atoms with Crippen molar-refractivity contribution in [3.8, 4) is 39.0 Å². The highest BCUT2D eigenvalue weighted by atomic mass is 35.5. The average Bonchev–Trinajstić information content (AvgIpc) is 3.91. The van der Waals surface area contributed by atoms with E-state index in [1.165, 1.54) is 18.2 Å². The number of aromatic hydroxyl groups is 1. The van der Waals surface area contributed by atoms with Crippen LogP contribution >= 0.6 is 45.9 Å². The van der Waals surface area contributed by atoms with Crippen LogP contribution in [0.4, 0.5) is 33.0 Å². The van der Waals surface area contributed by atoms with E-state index in [1.807, 2.05) is 0 Å². The summed E-state index contributed by atoms with van der Waals surface area (Å²) < 4.78 is 2.14. The number of thiazole rings is 2.